The lowest BCUT2D eigenvalue weighted by atomic mass is 10.2. The van der Waals surface area contributed by atoms with Gasteiger partial charge in [0.05, 0.1) is 0 Å². The van der Waals surface area contributed by atoms with E-state index in [1.807, 2.05) is 6.07 Å². The number of ether oxygens (including phenoxy) is 1. The Morgan fingerprint density at radius 2 is 2.17 bits per heavy atom. The molecule has 1 aromatic heterocycles. The highest BCUT2D eigenvalue weighted by atomic mass is 35.5. The lowest BCUT2D eigenvalue weighted by molar-refractivity contribution is 0.178. The maximum Gasteiger partial charge on any atom is 0.158 e. The molecule has 1 aromatic rings. The molecule has 1 saturated carbocycles. The van der Waals surface area contributed by atoms with Crippen molar-refractivity contribution in [2.24, 2.45) is 5.92 Å². The van der Waals surface area contributed by atoms with Crippen molar-refractivity contribution in [1.82, 2.24) is 9.97 Å². The molecule has 0 amide bonds. The maximum absolute atomic E-state index is 6.06. The summed E-state index contributed by atoms with van der Waals surface area (Å²) in [4.78, 5) is 11.1. The average Bonchev–Trinajstić information content (AvgIpc) is 3.09. The monoisotopic (exact) mass is 269 g/mol. The van der Waals surface area contributed by atoms with Gasteiger partial charge in [-0.05, 0) is 18.8 Å². The first kappa shape index (κ1) is 13.6. The Morgan fingerprint density at radius 3 is 2.72 bits per heavy atom. The first-order valence-electron chi connectivity index (χ1n) is 6.39. The van der Waals surface area contributed by atoms with Crippen molar-refractivity contribution >= 4 is 17.4 Å². The molecule has 0 bridgehead atoms. The molecule has 1 aliphatic carbocycles. The average molecular weight is 270 g/mol. The molecule has 0 saturated heterocycles. The highest BCUT2D eigenvalue weighted by molar-refractivity contribution is 6.29. The van der Waals surface area contributed by atoms with Crippen LogP contribution in [0.4, 0.5) is 5.82 Å². The molecule has 18 heavy (non-hydrogen) atoms. The van der Waals surface area contributed by atoms with E-state index in [1.54, 1.807) is 7.11 Å². The second-order valence-corrected chi connectivity index (χ2v) is 5.56. The summed E-state index contributed by atoms with van der Waals surface area (Å²) < 4.78 is 5.07. The Morgan fingerprint density at radius 1 is 1.44 bits per heavy atom. The van der Waals surface area contributed by atoms with Crippen LogP contribution in [0.15, 0.2) is 6.07 Å². The molecule has 0 unspecified atom stereocenters. The van der Waals surface area contributed by atoms with Crippen molar-refractivity contribution in [2.45, 2.75) is 39.3 Å². The molecule has 1 heterocycles. The van der Waals surface area contributed by atoms with Gasteiger partial charge in [0.2, 0.25) is 0 Å². The van der Waals surface area contributed by atoms with Gasteiger partial charge in [0.15, 0.2) is 5.82 Å². The van der Waals surface area contributed by atoms with Gasteiger partial charge in [0.1, 0.15) is 17.6 Å². The van der Waals surface area contributed by atoms with Gasteiger partial charge >= 0.3 is 0 Å². The van der Waals surface area contributed by atoms with Gasteiger partial charge in [-0.25, -0.2) is 9.97 Å². The summed E-state index contributed by atoms with van der Waals surface area (Å²) in [5.41, 5.74) is 0. The topological polar surface area (TPSA) is 38.2 Å². The lowest BCUT2D eigenvalue weighted by Crippen LogP contribution is -2.31. The van der Waals surface area contributed by atoms with Crippen LogP contribution in [0.1, 0.15) is 32.5 Å². The van der Waals surface area contributed by atoms with E-state index in [0.29, 0.717) is 29.5 Å². The van der Waals surface area contributed by atoms with E-state index in [1.165, 1.54) is 12.8 Å². The van der Waals surface area contributed by atoms with Crippen LogP contribution in [-0.4, -0.2) is 29.7 Å². The molecule has 1 aliphatic rings. The zero-order chi connectivity index (χ0) is 13.1. The van der Waals surface area contributed by atoms with Crippen LogP contribution in [0.5, 0.6) is 0 Å². The highest BCUT2D eigenvalue weighted by Gasteiger charge is 2.30. The smallest absolute Gasteiger partial charge is 0.158 e. The molecule has 1 fully saturated rings. The quantitative estimate of drug-likeness (QED) is 0.745. The predicted octanol–water partition coefficient (Wildman–Crippen LogP) is 2.90. The first-order valence-corrected chi connectivity index (χ1v) is 6.77. The molecular weight excluding hydrogens is 250 g/mol. The summed E-state index contributed by atoms with van der Waals surface area (Å²) in [6, 6.07) is 2.47. The summed E-state index contributed by atoms with van der Waals surface area (Å²) in [5.74, 6) is 2.18. The number of hydrogen-bond donors (Lipinski definition) is 0. The second kappa shape index (κ2) is 5.85. The molecule has 5 heteroatoms. The fourth-order valence-corrected chi connectivity index (χ4v) is 2.20. The van der Waals surface area contributed by atoms with Crippen molar-refractivity contribution in [3.63, 3.8) is 0 Å². The lowest BCUT2D eigenvalue weighted by Gasteiger charge is -2.25. The van der Waals surface area contributed by atoms with Gasteiger partial charge in [0.25, 0.3) is 0 Å². The number of halogens is 1. The SMILES string of the molecule is COCc1nc(Cl)cc(N(CC(C)C)C2CC2)n1. The maximum atomic E-state index is 6.06. The summed E-state index contributed by atoms with van der Waals surface area (Å²) in [6.07, 6.45) is 2.49. The van der Waals surface area contributed by atoms with Gasteiger partial charge in [-0.2, -0.15) is 0 Å². The first-order chi connectivity index (χ1) is 8.60. The zero-order valence-electron chi connectivity index (χ0n) is 11.2. The molecular formula is C13H20ClN3O. The van der Waals surface area contributed by atoms with Crippen LogP contribution in [-0.2, 0) is 11.3 Å². The van der Waals surface area contributed by atoms with E-state index in [4.69, 9.17) is 16.3 Å². The minimum absolute atomic E-state index is 0.397. The van der Waals surface area contributed by atoms with Crippen LogP contribution >= 0.6 is 11.6 Å². The van der Waals surface area contributed by atoms with E-state index in [9.17, 15) is 0 Å². The van der Waals surface area contributed by atoms with Gasteiger partial charge in [-0.3, -0.25) is 0 Å². The number of anilines is 1. The Hall–Kier alpha value is -0.870. The number of aromatic nitrogens is 2. The van der Waals surface area contributed by atoms with Crippen LogP contribution in [0, 0.1) is 5.92 Å². The normalized spacial score (nSPS) is 15.2. The van der Waals surface area contributed by atoms with Gasteiger partial charge in [-0.15, -0.1) is 0 Å². The number of hydrogen-bond acceptors (Lipinski definition) is 4. The Labute approximate surface area is 113 Å². The minimum Gasteiger partial charge on any atom is -0.377 e. The van der Waals surface area contributed by atoms with Gasteiger partial charge < -0.3 is 9.64 Å². The second-order valence-electron chi connectivity index (χ2n) is 5.18. The molecule has 2 rings (SSSR count). The molecule has 4 nitrogen and oxygen atoms in total. The van der Waals surface area contributed by atoms with Crippen molar-refractivity contribution in [2.75, 3.05) is 18.6 Å². The molecule has 100 valence electrons. The van der Waals surface area contributed by atoms with Crippen LogP contribution in [0.3, 0.4) is 0 Å². The summed E-state index contributed by atoms with van der Waals surface area (Å²) in [7, 11) is 1.64. The van der Waals surface area contributed by atoms with E-state index in [-0.39, 0.29) is 0 Å². The van der Waals surface area contributed by atoms with Crippen molar-refractivity contribution in [3.05, 3.63) is 17.0 Å². The molecule has 0 N–H and O–H groups in total. The standard InChI is InChI=1S/C13H20ClN3O/c1-9(2)7-17(10-4-5-10)13-6-11(14)15-12(16-13)8-18-3/h6,9-10H,4-5,7-8H2,1-3H3. The van der Waals surface area contributed by atoms with Crippen LogP contribution in [0.25, 0.3) is 0 Å². The molecule has 0 radical (unpaired) electrons. The summed E-state index contributed by atoms with van der Waals surface area (Å²) in [6.45, 7) is 5.83. The number of rotatable bonds is 6. The van der Waals surface area contributed by atoms with Gasteiger partial charge in [0, 0.05) is 25.8 Å². The molecule has 0 aromatic carbocycles. The van der Waals surface area contributed by atoms with Crippen molar-refractivity contribution in [3.8, 4) is 0 Å². The van der Waals surface area contributed by atoms with Crippen molar-refractivity contribution < 1.29 is 4.74 Å². The summed E-state index contributed by atoms with van der Waals surface area (Å²) in [5, 5.41) is 0.487. The van der Waals surface area contributed by atoms with Crippen molar-refractivity contribution in [1.29, 1.82) is 0 Å². The predicted molar refractivity (Wildman–Crippen MR) is 73.0 cm³/mol. The van der Waals surface area contributed by atoms with Crippen LogP contribution < -0.4 is 4.90 Å². The largest absolute Gasteiger partial charge is 0.377 e. The summed E-state index contributed by atoms with van der Waals surface area (Å²) >= 11 is 6.06. The number of nitrogens with zero attached hydrogens (tertiary/aromatic N) is 3. The van der Waals surface area contributed by atoms with E-state index in [2.05, 4.69) is 28.7 Å². The number of methoxy groups -OCH3 is 1. The van der Waals surface area contributed by atoms with E-state index in [0.717, 1.165) is 12.4 Å². The van der Waals surface area contributed by atoms with Gasteiger partial charge in [-0.1, -0.05) is 25.4 Å². The highest BCUT2D eigenvalue weighted by Crippen LogP contribution is 2.32. The fraction of sp³-hybridized carbons (Fsp3) is 0.692. The molecule has 0 atom stereocenters. The third kappa shape index (κ3) is 3.56. The Kier molecular flexibility index (Phi) is 4.40. The molecule has 0 spiro atoms. The van der Waals surface area contributed by atoms with E-state index >= 15 is 0 Å². The fourth-order valence-electron chi connectivity index (χ4n) is 2.00. The minimum atomic E-state index is 0.397. The zero-order valence-corrected chi connectivity index (χ0v) is 11.9. The Bertz CT molecular complexity index is 407. The molecule has 0 aliphatic heterocycles. The third-order valence-corrected chi connectivity index (χ3v) is 3.04. The van der Waals surface area contributed by atoms with Crippen LogP contribution in [0.2, 0.25) is 5.15 Å². The third-order valence-electron chi connectivity index (χ3n) is 2.84. The van der Waals surface area contributed by atoms with E-state index < -0.39 is 0 Å². The Balaban J connectivity index is 2.22.